The van der Waals surface area contributed by atoms with E-state index in [1.54, 1.807) is 0 Å². The average Bonchev–Trinajstić information content (AvgIpc) is 2.78. The summed E-state index contributed by atoms with van der Waals surface area (Å²) in [7, 11) is -4.04. The molecular formula is C11H12FNO5S. The van der Waals surface area contributed by atoms with E-state index in [0.717, 1.165) is 24.3 Å². The summed E-state index contributed by atoms with van der Waals surface area (Å²) >= 11 is 0. The maximum Gasteiger partial charge on any atom is 0.327 e. The third kappa shape index (κ3) is 2.75. The highest BCUT2D eigenvalue weighted by atomic mass is 32.2. The van der Waals surface area contributed by atoms with Crippen molar-refractivity contribution in [2.75, 3.05) is 13.2 Å². The summed E-state index contributed by atoms with van der Waals surface area (Å²) in [6.45, 7) is -0.0685. The second-order valence-electron chi connectivity index (χ2n) is 4.25. The van der Waals surface area contributed by atoms with Gasteiger partial charge in [0, 0.05) is 13.0 Å². The number of hydrogen-bond donors (Lipinski definition) is 2. The summed E-state index contributed by atoms with van der Waals surface area (Å²) in [4.78, 5) is 11.0. The number of carboxylic acid groups (broad SMARTS) is 1. The van der Waals surface area contributed by atoms with Gasteiger partial charge in [-0.1, -0.05) is 0 Å². The molecule has 6 nitrogen and oxygen atoms in total. The number of carboxylic acids is 1. The summed E-state index contributed by atoms with van der Waals surface area (Å²) in [6, 6.07) is 4.13. The Morgan fingerprint density at radius 1 is 1.37 bits per heavy atom. The summed E-state index contributed by atoms with van der Waals surface area (Å²) in [6.07, 6.45) is 0.0444. The van der Waals surface area contributed by atoms with Gasteiger partial charge in [0.05, 0.1) is 11.5 Å². The van der Waals surface area contributed by atoms with Crippen LogP contribution >= 0.6 is 0 Å². The van der Waals surface area contributed by atoms with Gasteiger partial charge in [0.2, 0.25) is 10.0 Å². The van der Waals surface area contributed by atoms with Crippen molar-refractivity contribution in [3.05, 3.63) is 30.1 Å². The molecule has 0 aliphatic carbocycles. The van der Waals surface area contributed by atoms with Gasteiger partial charge in [0.15, 0.2) is 5.54 Å². The quantitative estimate of drug-likeness (QED) is 0.834. The molecule has 1 saturated heterocycles. The minimum absolute atomic E-state index is 0.0444. The number of sulfonamides is 1. The maximum absolute atomic E-state index is 12.8. The van der Waals surface area contributed by atoms with Crippen molar-refractivity contribution in [3.63, 3.8) is 0 Å². The molecule has 1 heterocycles. The topological polar surface area (TPSA) is 92.7 Å². The summed E-state index contributed by atoms with van der Waals surface area (Å²) in [5.41, 5.74) is -1.66. The van der Waals surface area contributed by atoms with Crippen LogP contribution in [0, 0.1) is 5.82 Å². The van der Waals surface area contributed by atoms with E-state index in [0.29, 0.717) is 0 Å². The van der Waals surface area contributed by atoms with Crippen LogP contribution in [-0.4, -0.2) is 38.2 Å². The molecule has 0 aromatic heterocycles. The normalized spacial score (nSPS) is 23.4. The van der Waals surface area contributed by atoms with Crippen molar-refractivity contribution in [2.45, 2.75) is 16.9 Å². The van der Waals surface area contributed by atoms with Gasteiger partial charge < -0.3 is 9.84 Å². The van der Waals surface area contributed by atoms with E-state index in [9.17, 15) is 17.6 Å². The first-order valence-corrected chi connectivity index (χ1v) is 6.95. The third-order valence-electron chi connectivity index (χ3n) is 2.88. The molecule has 1 unspecified atom stereocenters. The van der Waals surface area contributed by atoms with E-state index in [-0.39, 0.29) is 24.5 Å². The molecule has 1 atom stereocenters. The van der Waals surface area contributed by atoms with Gasteiger partial charge in [-0.2, -0.15) is 4.72 Å². The second kappa shape index (κ2) is 4.87. The van der Waals surface area contributed by atoms with Gasteiger partial charge in [-0.25, -0.2) is 12.8 Å². The van der Waals surface area contributed by atoms with E-state index in [1.165, 1.54) is 0 Å². The molecule has 2 rings (SSSR count). The molecule has 1 aliphatic heterocycles. The van der Waals surface area contributed by atoms with E-state index >= 15 is 0 Å². The summed E-state index contributed by atoms with van der Waals surface area (Å²) < 4.78 is 44.0. The van der Waals surface area contributed by atoms with Crippen LogP contribution in [0.25, 0.3) is 0 Å². The zero-order valence-corrected chi connectivity index (χ0v) is 10.6. The van der Waals surface area contributed by atoms with Gasteiger partial charge in [-0.3, -0.25) is 4.79 Å². The van der Waals surface area contributed by atoms with Crippen LogP contribution in [0.4, 0.5) is 4.39 Å². The highest BCUT2D eigenvalue weighted by Gasteiger charge is 2.46. The fraction of sp³-hybridized carbons (Fsp3) is 0.364. The predicted molar refractivity (Wildman–Crippen MR) is 62.5 cm³/mol. The number of halogens is 1. The first kappa shape index (κ1) is 13.9. The number of nitrogens with one attached hydrogen (secondary N) is 1. The smallest absolute Gasteiger partial charge is 0.327 e. The van der Waals surface area contributed by atoms with Crippen LogP contribution in [0.3, 0.4) is 0 Å². The minimum Gasteiger partial charge on any atom is -0.480 e. The molecule has 1 aliphatic rings. The number of hydrogen-bond acceptors (Lipinski definition) is 4. The van der Waals surface area contributed by atoms with E-state index in [1.807, 2.05) is 0 Å². The van der Waals surface area contributed by atoms with Gasteiger partial charge in [-0.05, 0) is 24.3 Å². The van der Waals surface area contributed by atoms with Gasteiger partial charge in [0.1, 0.15) is 5.82 Å². The highest BCUT2D eigenvalue weighted by Crippen LogP contribution is 2.22. The van der Waals surface area contributed by atoms with Crippen LogP contribution in [0.2, 0.25) is 0 Å². The number of ether oxygens (including phenoxy) is 1. The monoisotopic (exact) mass is 289 g/mol. The van der Waals surface area contributed by atoms with Crippen LogP contribution in [0.1, 0.15) is 6.42 Å². The fourth-order valence-corrected chi connectivity index (χ4v) is 3.16. The predicted octanol–water partition coefficient (Wildman–Crippen LogP) is 0.348. The van der Waals surface area contributed by atoms with Crippen molar-refractivity contribution in [1.29, 1.82) is 0 Å². The number of rotatable bonds is 4. The number of carbonyl (C=O) groups is 1. The van der Waals surface area contributed by atoms with E-state index < -0.39 is 27.3 Å². The first-order chi connectivity index (χ1) is 8.86. The first-order valence-electron chi connectivity index (χ1n) is 5.46. The molecule has 1 fully saturated rings. The SMILES string of the molecule is O=C(O)C1(NS(=O)(=O)c2ccc(F)cc2)CCOC1. The van der Waals surface area contributed by atoms with Crippen molar-refractivity contribution in [2.24, 2.45) is 0 Å². The Hall–Kier alpha value is -1.51. The molecule has 2 N–H and O–H groups in total. The maximum atomic E-state index is 12.8. The molecule has 8 heteroatoms. The second-order valence-corrected chi connectivity index (χ2v) is 5.93. The Labute approximate surface area is 109 Å². The van der Waals surface area contributed by atoms with Gasteiger partial charge in [-0.15, -0.1) is 0 Å². The Morgan fingerprint density at radius 2 is 2.00 bits per heavy atom. The molecule has 0 saturated carbocycles. The Balaban J connectivity index is 2.30. The molecule has 0 bridgehead atoms. The van der Waals surface area contributed by atoms with Crippen molar-refractivity contribution < 1.29 is 27.4 Å². The lowest BCUT2D eigenvalue weighted by Crippen LogP contribution is -2.54. The van der Waals surface area contributed by atoms with Gasteiger partial charge in [0.25, 0.3) is 0 Å². The molecule has 1 aromatic rings. The molecule has 0 amide bonds. The van der Waals surface area contributed by atoms with Crippen LogP contribution in [-0.2, 0) is 19.6 Å². The Bertz CT molecular complexity index is 578. The minimum atomic E-state index is -4.04. The molecule has 0 spiro atoms. The molecule has 0 radical (unpaired) electrons. The van der Waals surface area contributed by atoms with E-state index in [2.05, 4.69) is 4.72 Å². The fourth-order valence-electron chi connectivity index (χ4n) is 1.79. The van der Waals surface area contributed by atoms with E-state index in [4.69, 9.17) is 9.84 Å². The molecule has 19 heavy (non-hydrogen) atoms. The third-order valence-corrected chi connectivity index (χ3v) is 4.44. The molecular weight excluding hydrogens is 277 g/mol. The average molecular weight is 289 g/mol. The van der Waals surface area contributed by atoms with Gasteiger partial charge >= 0.3 is 5.97 Å². The van der Waals surface area contributed by atoms with Crippen molar-refractivity contribution in [3.8, 4) is 0 Å². The van der Waals surface area contributed by atoms with Crippen LogP contribution < -0.4 is 4.72 Å². The lowest BCUT2D eigenvalue weighted by atomic mass is 10.0. The Morgan fingerprint density at radius 3 is 2.47 bits per heavy atom. The Kier molecular flexibility index (Phi) is 3.57. The lowest BCUT2D eigenvalue weighted by molar-refractivity contribution is -0.144. The zero-order valence-electron chi connectivity index (χ0n) is 9.80. The summed E-state index contributed by atoms with van der Waals surface area (Å²) in [5, 5.41) is 9.15. The number of aliphatic carboxylic acids is 1. The summed E-state index contributed by atoms with van der Waals surface area (Å²) in [5.74, 6) is -1.87. The van der Waals surface area contributed by atoms with Crippen molar-refractivity contribution in [1.82, 2.24) is 4.72 Å². The highest BCUT2D eigenvalue weighted by molar-refractivity contribution is 7.89. The molecule has 104 valence electrons. The molecule has 1 aromatic carbocycles. The van der Waals surface area contributed by atoms with Crippen molar-refractivity contribution >= 4 is 16.0 Å². The number of benzene rings is 1. The standard InChI is InChI=1S/C11H12FNO5S/c12-8-1-3-9(4-2-8)19(16,17)13-11(10(14)15)5-6-18-7-11/h1-4,13H,5-7H2,(H,14,15). The zero-order chi connectivity index (χ0) is 14.1. The van der Waals surface area contributed by atoms with Crippen LogP contribution in [0.5, 0.6) is 0 Å². The van der Waals surface area contributed by atoms with Crippen LogP contribution in [0.15, 0.2) is 29.2 Å². The lowest BCUT2D eigenvalue weighted by Gasteiger charge is -2.23. The largest absolute Gasteiger partial charge is 0.480 e.